The highest BCUT2D eigenvalue weighted by Gasteiger charge is 2.37. The van der Waals surface area contributed by atoms with Crippen molar-refractivity contribution in [2.24, 2.45) is 0 Å². The van der Waals surface area contributed by atoms with Crippen LogP contribution in [0.5, 0.6) is 0 Å². The molecular weight excluding hydrogens is 545 g/mol. The van der Waals surface area contributed by atoms with E-state index in [1.165, 1.54) is 18.3 Å². The van der Waals surface area contributed by atoms with Crippen molar-refractivity contribution < 1.29 is 22.7 Å². The minimum atomic E-state index is -4.71. The van der Waals surface area contributed by atoms with Crippen LogP contribution in [0.4, 0.5) is 23.9 Å². The summed E-state index contributed by atoms with van der Waals surface area (Å²) in [5.41, 5.74) is 0.221. The Labute approximate surface area is 232 Å². The number of aromatic nitrogens is 3. The zero-order chi connectivity index (χ0) is 28.4. The number of piperidine rings is 1. The molecule has 8 nitrogen and oxygen atoms in total. The van der Waals surface area contributed by atoms with Gasteiger partial charge in [-0.1, -0.05) is 48.0 Å². The first-order valence-corrected chi connectivity index (χ1v) is 12.9. The molecule has 2 N–H and O–H groups in total. The van der Waals surface area contributed by atoms with Gasteiger partial charge in [0.2, 0.25) is 5.95 Å². The summed E-state index contributed by atoms with van der Waals surface area (Å²) in [5.74, 6) is -0.00533. The number of alkyl halides is 3. The molecule has 1 aliphatic rings. The molecular formula is C28H24ClF3N6O2. The number of carbonyl (C=O) groups excluding carboxylic acids is 1. The van der Waals surface area contributed by atoms with Crippen molar-refractivity contribution in [3.8, 4) is 17.3 Å². The zero-order valence-electron chi connectivity index (χ0n) is 21.3. The van der Waals surface area contributed by atoms with Gasteiger partial charge in [-0.2, -0.15) is 18.4 Å². The van der Waals surface area contributed by atoms with Crippen molar-refractivity contribution in [2.45, 2.75) is 44.6 Å². The molecule has 206 valence electrons. The second kappa shape index (κ2) is 11.1. The number of nitrogens with zero attached hydrogens (tertiary/aromatic N) is 4. The van der Waals surface area contributed by atoms with Gasteiger partial charge < -0.3 is 19.9 Å². The predicted molar refractivity (Wildman–Crippen MR) is 143 cm³/mol. The highest BCUT2D eigenvalue weighted by atomic mass is 35.5. The first-order valence-electron chi connectivity index (χ1n) is 12.5. The maximum Gasteiger partial charge on any atom is 0.419 e. The number of nitriles is 1. The molecule has 1 fully saturated rings. The van der Waals surface area contributed by atoms with Crippen LogP contribution in [0.3, 0.4) is 0 Å². The normalized spacial score (nSPS) is 17.4. The van der Waals surface area contributed by atoms with Gasteiger partial charge in [0.1, 0.15) is 18.2 Å². The molecule has 1 saturated heterocycles. The number of aromatic amines is 1. The average Bonchev–Trinajstić information content (AvgIpc) is 3.38. The quantitative estimate of drug-likeness (QED) is 0.275. The molecule has 1 aliphatic heterocycles. The van der Waals surface area contributed by atoms with Crippen LogP contribution >= 0.6 is 11.6 Å². The lowest BCUT2D eigenvalue weighted by atomic mass is 10.00. The largest absolute Gasteiger partial charge is 0.445 e. The number of halogens is 4. The van der Waals surface area contributed by atoms with Gasteiger partial charge >= 0.3 is 12.3 Å². The third-order valence-corrected chi connectivity index (χ3v) is 7.31. The summed E-state index contributed by atoms with van der Waals surface area (Å²) in [6.07, 6.45) is -1.74. The van der Waals surface area contributed by atoms with E-state index in [1.807, 2.05) is 43.3 Å². The number of hydrogen-bond donors (Lipinski definition) is 2. The Hall–Kier alpha value is -4.30. The van der Waals surface area contributed by atoms with Gasteiger partial charge in [0.05, 0.1) is 21.8 Å². The Morgan fingerprint density at radius 3 is 2.75 bits per heavy atom. The van der Waals surface area contributed by atoms with Crippen molar-refractivity contribution in [3.05, 3.63) is 76.6 Å². The fourth-order valence-electron chi connectivity index (χ4n) is 4.77. The predicted octanol–water partition coefficient (Wildman–Crippen LogP) is 6.77. The van der Waals surface area contributed by atoms with E-state index in [2.05, 4.69) is 20.3 Å². The summed E-state index contributed by atoms with van der Waals surface area (Å²) in [4.78, 5) is 25.5. The van der Waals surface area contributed by atoms with E-state index in [4.69, 9.17) is 16.3 Å². The molecule has 1 amide bonds. The summed E-state index contributed by atoms with van der Waals surface area (Å²) < 4.78 is 47.4. The maximum atomic E-state index is 14.0. The Kier molecular flexibility index (Phi) is 7.54. The number of amides is 1. The number of fused-ring (bicyclic) bond motifs is 1. The van der Waals surface area contributed by atoms with E-state index in [1.54, 1.807) is 4.90 Å². The number of hydrogen-bond acceptors (Lipinski definition) is 6. The highest BCUT2D eigenvalue weighted by molar-refractivity contribution is 6.36. The molecule has 40 heavy (non-hydrogen) atoms. The van der Waals surface area contributed by atoms with Crippen LogP contribution < -0.4 is 5.32 Å². The standard InChI is InChI=1S/C28H24ClF3N6O2/c1-16-7-9-19(14-38(16)27(39)40-15-17-5-3-2-4-6-17)36-26-35-13-22(28(30,31)32)24(37-26)21-12-34-25-20(21)10-8-18(11-33)23(25)29/h2-6,8,10,12-13,16,19,34H,7,9,14-15H2,1H3,(H,35,36,37)/t16-,19-/m0/s1. The van der Waals surface area contributed by atoms with Crippen LogP contribution in [-0.4, -0.2) is 44.6 Å². The molecule has 0 unspecified atom stereocenters. The van der Waals surface area contributed by atoms with Crippen molar-refractivity contribution in [3.63, 3.8) is 0 Å². The lowest BCUT2D eigenvalue weighted by molar-refractivity contribution is -0.137. The average molecular weight is 569 g/mol. The summed E-state index contributed by atoms with van der Waals surface area (Å²) in [6.45, 7) is 2.33. The van der Waals surface area contributed by atoms with Crippen LogP contribution in [0, 0.1) is 11.3 Å². The molecule has 3 heterocycles. The fourth-order valence-corrected chi connectivity index (χ4v) is 5.04. The Balaban J connectivity index is 1.39. The second-order valence-electron chi connectivity index (χ2n) is 9.58. The van der Waals surface area contributed by atoms with Crippen molar-refractivity contribution >= 4 is 34.5 Å². The van der Waals surface area contributed by atoms with Gasteiger partial charge in [-0.05, 0) is 31.4 Å². The summed E-state index contributed by atoms with van der Waals surface area (Å²) in [6, 6.07) is 13.9. The third-order valence-electron chi connectivity index (χ3n) is 6.92. The molecule has 0 aliphatic carbocycles. The van der Waals surface area contributed by atoms with Crippen LogP contribution in [0.2, 0.25) is 5.02 Å². The molecule has 2 aromatic heterocycles. The number of nitrogens with one attached hydrogen (secondary N) is 2. The number of anilines is 1. The molecule has 0 spiro atoms. The van der Waals surface area contributed by atoms with Gasteiger partial charge in [-0.15, -0.1) is 0 Å². The minimum absolute atomic E-state index is 0.00533. The molecule has 4 aromatic rings. The molecule has 2 atom stereocenters. The Morgan fingerprint density at radius 2 is 2.02 bits per heavy atom. The second-order valence-corrected chi connectivity index (χ2v) is 9.96. The maximum absolute atomic E-state index is 14.0. The van der Waals surface area contributed by atoms with E-state index < -0.39 is 17.8 Å². The summed E-state index contributed by atoms with van der Waals surface area (Å²) in [7, 11) is 0. The number of rotatable bonds is 5. The van der Waals surface area contributed by atoms with Crippen LogP contribution in [-0.2, 0) is 17.5 Å². The Bertz CT molecular complexity index is 1580. The molecule has 12 heteroatoms. The van der Waals surface area contributed by atoms with Crippen LogP contribution in [0.25, 0.3) is 22.2 Å². The molecule has 5 rings (SSSR count). The van der Waals surface area contributed by atoms with Gasteiger partial charge in [0, 0.05) is 42.0 Å². The van der Waals surface area contributed by atoms with Crippen LogP contribution in [0.15, 0.2) is 54.9 Å². The molecule has 0 bridgehead atoms. The van der Waals surface area contributed by atoms with E-state index in [0.717, 1.165) is 11.8 Å². The fraction of sp³-hybridized carbons (Fsp3) is 0.286. The molecule has 0 saturated carbocycles. The first-order chi connectivity index (χ1) is 19.2. The number of likely N-dealkylation sites (tertiary alicyclic amines) is 1. The van der Waals surface area contributed by atoms with Gasteiger partial charge in [0.25, 0.3) is 0 Å². The van der Waals surface area contributed by atoms with Crippen LogP contribution in [0.1, 0.15) is 36.5 Å². The monoisotopic (exact) mass is 568 g/mol. The van der Waals surface area contributed by atoms with Crippen molar-refractivity contribution in [1.82, 2.24) is 19.9 Å². The number of ether oxygens (including phenoxy) is 1. The van der Waals surface area contributed by atoms with Crippen molar-refractivity contribution in [1.29, 1.82) is 5.26 Å². The highest BCUT2D eigenvalue weighted by Crippen LogP contribution is 2.40. The third kappa shape index (κ3) is 5.53. The lowest BCUT2D eigenvalue weighted by Crippen LogP contribution is -2.50. The smallest absolute Gasteiger partial charge is 0.419 e. The van der Waals surface area contributed by atoms with Crippen molar-refractivity contribution in [2.75, 3.05) is 11.9 Å². The van der Waals surface area contributed by atoms with E-state index in [9.17, 15) is 23.2 Å². The SMILES string of the molecule is C[C@H]1CC[C@H](Nc2ncc(C(F)(F)F)c(-c3c[nH]c4c(Cl)c(C#N)ccc34)n2)CN1C(=O)OCc1ccccc1. The van der Waals surface area contributed by atoms with Gasteiger partial charge in [0.15, 0.2) is 0 Å². The number of benzene rings is 2. The number of H-pyrrole nitrogens is 1. The first kappa shape index (κ1) is 27.3. The summed E-state index contributed by atoms with van der Waals surface area (Å²) in [5, 5.41) is 12.8. The van der Waals surface area contributed by atoms with Gasteiger partial charge in [-0.25, -0.2) is 14.8 Å². The lowest BCUT2D eigenvalue weighted by Gasteiger charge is -2.37. The zero-order valence-corrected chi connectivity index (χ0v) is 22.1. The molecule has 2 aromatic carbocycles. The Morgan fingerprint density at radius 1 is 1.25 bits per heavy atom. The van der Waals surface area contributed by atoms with Gasteiger partial charge in [-0.3, -0.25) is 0 Å². The van der Waals surface area contributed by atoms with E-state index >= 15 is 0 Å². The molecule has 0 radical (unpaired) electrons. The van der Waals surface area contributed by atoms with E-state index in [0.29, 0.717) is 23.7 Å². The number of carbonyl (C=O) groups is 1. The topological polar surface area (TPSA) is 107 Å². The minimum Gasteiger partial charge on any atom is -0.445 e. The summed E-state index contributed by atoms with van der Waals surface area (Å²) >= 11 is 6.28. The van der Waals surface area contributed by atoms with E-state index in [-0.39, 0.29) is 53.0 Å².